The molecule has 0 atom stereocenters. The molecule has 0 unspecified atom stereocenters. The molecule has 1 saturated heterocycles. The number of likely N-dealkylation sites (tertiary alicyclic amines) is 1. The van der Waals surface area contributed by atoms with E-state index in [9.17, 15) is 4.79 Å². The van der Waals surface area contributed by atoms with Gasteiger partial charge in [-0.3, -0.25) is 0 Å². The van der Waals surface area contributed by atoms with Crippen LogP contribution in [0.5, 0.6) is 0 Å². The molecule has 1 aromatic rings. The van der Waals surface area contributed by atoms with Crippen molar-refractivity contribution in [2.24, 2.45) is 5.92 Å². The van der Waals surface area contributed by atoms with Gasteiger partial charge >= 0.3 is 5.97 Å². The molecule has 1 fully saturated rings. The van der Waals surface area contributed by atoms with E-state index in [1.54, 1.807) is 4.90 Å². The van der Waals surface area contributed by atoms with Gasteiger partial charge in [-0.2, -0.15) is 0 Å². The van der Waals surface area contributed by atoms with Crippen LogP contribution in [0.4, 0.5) is 0 Å². The number of nitrogens with one attached hydrogen (secondary N) is 1. The van der Waals surface area contributed by atoms with Crippen LogP contribution in [0.1, 0.15) is 23.2 Å². The van der Waals surface area contributed by atoms with Gasteiger partial charge in [0, 0.05) is 29.5 Å². The second-order valence-electron chi connectivity index (χ2n) is 5.25. The van der Waals surface area contributed by atoms with E-state index >= 15 is 0 Å². The first-order chi connectivity index (χ1) is 9.47. The first-order valence-corrected chi connectivity index (χ1v) is 9.84. The monoisotopic (exact) mass is 612 g/mol. The molecule has 1 aliphatic rings. The minimum atomic E-state index is -0.183. The molecule has 3 nitrogen and oxygen atoms in total. The molecule has 1 heterocycles. The lowest BCUT2D eigenvalue weighted by molar-refractivity contribution is -0.886. The number of esters is 1. The summed E-state index contributed by atoms with van der Waals surface area (Å²) in [5, 5.41) is 0. The first kappa shape index (κ1) is 17.2. The molecule has 0 radical (unpaired) electrons. The summed E-state index contributed by atoms with van der Waals surface area (Å²) in [6.45, 7) is 2.92. The zero-order chi connectivity index (χ0) is 14.7. The lowest BCUT2D eigenvalue weighted by Crippen LogP contribution is -3.10. The summed E-state index contributed by atoms with van der Waals surface area (Å²) in [5.74, 6) is 0.347. The van der Waals surface area contributed by atoms with E-state index in [0.717, 1.165) is 23.6 Å². The summed E-state index contributed by atoms with van der Waals surface area (Å²) < 4.78 is 8.69. The van der Waals surface area contributed by atoms with Crippen LogP contribution in [0, 0.1) is 16.6 Å². The van der Waals surface area contributed by atoms with Crippen molar-refractivity contribution in [2.75, 3.05) is 26.7 Å². The molecule has 110 valence electrons. The van der Waals surface area contributed by atoms with Crippen LogP contribution in [0.15, 0.2) is 12.1 Å². The van der Waals surface area contributed by atoms with E-state index in [-0.39, 0.29) is 5.97 Å². The van der Waals surface area contributed by atoms with Crippen LogP contribution in [-0.2, 0) is 4.74 Å². The minimum absolute atomic E-state index is 0.183. The van der Waals surface area contributed by atoms with Crippen molar-refractivity contribution in [3.05, 3.63) is 28.4 Å². The van der Waals surface area contributed by atoms with Crippen LogP contribution in [0.3, 0.4) is 0 Å². The average Bonchev–Trinajstić information content (AvgIpc) is 2.42. The second kappa shape index (κ2) is 7.91. The zero-order valence-corrected chi connectivity index (χ0v) is 17.7. The Bertz CT molecular complexity index is 499. The molecule has 1 aromatic carbocycles. The Morgan fingerprint density at radius 2 is 1.95 bits per heavy atom. The number of carbonyl (C=O) groups is 1. The topological polar surface area (TPSA) is 30.7 Å². The Kier molecular flexibility index (Phi) is 6.80. The number of hydrogen-bond acceptors (Lipinski definition) is 2. The molecule has 0 bridgehead atoms. The van der Waals surface area contributed by atoms with E-state index in [1.807, 2.05) is 6.07 Å². The predicted octanol–water partition coefficient (Wildman–Crippen LogP) is 2.58. The van der Waals surface area contributed by atoms with Crippen LogP contribution in [-0.4, -0.2) is 32.7 Å². The van der Waals surface area contributed by atoms with Gasteiger partial charge in [-0.05, 0) is 79.9 Å². The summed E-state index contributed by atoms with van der Waals surface area (Å²) in [5.41, 5.74) is 0.695. The van der Waals surface area contributed by atoms with Crippen LogP contribution in [0.25, 0.3) is 0 Å². The van der Waals surface area contributed by atoms with Gasteiger partial charge in [0.2, 0.25) is 0 Å². The Balaban J connectivity index is 1.95. The van der Waals surface area contributed by atoms with Gasteiger partial charge in [0.1, 0.15) is 0 Å². The summed E-state index contributed by atoms with van der Waals surface area (Å²) in [7, 11) is 2.22. The number of quaternary nitrogens is 1. The summed E-state index contributed by atoms with van der Waals surface area (Å²) in [6.07, 6.45) is 2.31. The molecular weight excluding hydrogens is 595 g/mol. The molecule has 2 rings (SSSR count). The highest BCUT2D eigenvalue weighted by Gasteiger charge is 2.22. The molecule has 0 amide bonds. The van der Waals surface area contributed by atoms with Crippen molar-refractivity contribution in [3.63, 3.8) is 0 Å². The first-order valence-electron chi connectivity index (χ1n) is 6.60. The number of carbonyl (C=O) groups excluding carboxylic acids is 1. The quantitative estimate of drug-likeness (QED) is 0.324. The van der Waals surface area contributed by atoms with Crippen molar-refractivity contribution in [2.45, 2.75) is 12.8 Å². The highest BCUT2D eigenvalue weighted by molar-refractivity contribution is 14.1. The van der Waals surface area contributed by atoms with Crippen molar-refractivity contribution in [3.8, 4) is 0 Å². The molecular formula is C14H17I3NO2+. The second-order valence-corrected chi connectivity index (χ2v) is 8.73. The maximum absolute atomic E-state index is 12.2. The highest BCUT2D eigenvalue weighted by atomic mass is 127. The summed E-state index contributed by atoms with van der Waals surface area (Å²) in [6, 6.07) is 3.98. The molecule has 6 heteroatoms. The Morgan fingerprint density at radius 1 is 1.30 bits per heavy atom. The molecule has 0 saturated carbocycles. The van der Waals surface area contributed by atoms with Crippen molar-refractivity contribution >= 4 is 73.7 Å². The van der Waals surface area contributed by atoms with Crippen LogP contribution in [0.2, 0.25) is 0 Å². The average molecular weight is 612 g/mol. The maximum atomic E-state index is 12.2. The lowest BCUT2D eigenvalue weighted by atomic mass is 9.98. The number of rotatable bonds is 3. The number of benzene rings is 1. The standard InChI is InChI=1S/C14H16I3NO2/c1-18-4-2-9(3-5-18)8-20-14(19)11-6-10(15)7-12(16)13(11)17/h6-7,9H,2-5,8H2,1H3/p+1. The Morgan fingerprint density at radius 3 is 2.60 bits per heavy atom. The number of piperidine rings is 1. The van der Waals surface area contributed by atoms with E-state index in [0.29, 0.717) is 18.1 Å². The molecule has 0 aliphatic carbocycles. The maximum Gasteiger partial charge on any atom is 0.339 e. The minimum Gasteiger partial charge on any atom is -0.462 e. The molecule has 1 aliphatic heterocycles. The van der Waals surface area contributed by atoms with Gasteiger partial charge in [-0.1, -0.05) is 0 Å². The SMILES string of the molecule is C[NH+]1CCC(COC(=O)c2cc(I)cc(I)c2I)CC1. The third-order valence-corrected chi connectivity index (χ3v) is 7.29. The van der Waals surface area contributed by atoms with Crippen LogP contribution < -0.4 is 4.90 Å². The number of ether oxygens (including phenoxy) is 1. The predicted molar refractivity (Wildman–Crippen MR) is 104 cm³/mol. The summed E-state index contributed by atoms with van der Waals surface area (Å²) >= 11 is 6.71. The normalized spacial score (nSPS) is 22.6. The van der Waals surface area contributed by atoms with Gasteiger partial charge < -0.3 is 9.64 Å². The fourth-order valence-electron chi connectivity index (χ4n) is 2.31. The Labute approximate surface area is 160 Å². The van der Waals surface area contributed by atoms with Gasteiger partial charge in [0.05, 0.1) is 32.3 Å². The largest absolute Gasteiger partial charge is 0.462 e. The summed E-state index contributed by atoms with van der Waals surface area (Å²) in [4.78, 5) is 13.8. The van der Waals surface area contributed by atoms with E-state index < -0.39 is 0 Å². The van der Waals surface area contributed by atoms with E-state index in [4.69, 9.17) is 4.74 Å². The van der Waals surface area contributed by atoms with Gasteiger partial charge in [0.15, 0.2) is 0 Å². The number of hydrogen-bond donors (Lipinski definition) is 1. The third kappa shape index (κ3) is 4.67. The smallest absolute Gasteiger partial charge is 0.339 e. The van der Waals surface area contributed by atoms with Crippen LogP contribution >= 0.6 is 67.8 Å². The van der Waals surface area contributed by atoms with E-state index in [2.05, 4.69) is 80.9 Å². The van der Waals surface area contributed by atoms with Gasteiger partial charge in [-0.25, -0.2) is 4.79 Å². The van der Waals surface area contributed by atoms with E-state index in [1.165, 1.54) is 13.1 Å². The zero-order valence-electron chi connectivity index (χ0n) is 11.2. The highest BCUT2D eigenvalue weighted by Crippen LogP contribution is 2.24. The number of halogens is 3. The fraction of sp³-hybridized carbons (Fsp3) is 0.500. The molecule has 0 spiro atoms. The van der Waals surface area contributed by atoms with Gasteiger partial charge in [-0.15, -0.1) is 0 Å². The van der Waals surface area contributed by atoms with Crippen molar-refractivity contribution < 1.29 is 14.4 Å². The lowest BCUT2D eigenvalue weighted by Gasteiger charge is -2.26. The fourth-order valence-corrected chi connectivity index (χ4v) is 4.69. The Hall–Kier alpha value is 0.840. The third-order valence-electron chi connectivity index (χ3n) is 3.62. The molecule has 0 aromatic heterocycles. The van der Waals surface area contributed by atoms with Crippen molar-refractivity contribution in [1.82, 2.24) is 0 Å². The molecule has 1 N–H and O–H groups in total. The van der Waals surface area contributed by atoms with Gasteiger partial charge in [0.25, 0.3) is 0 Å². The molecule has 20 heavy (non-hydrogen) atoms. The van der Waals surface area contributed by atoms with Crippen molar-refractivity contribution in [1.29, 1.82) is 0 Å².